The number of halogens is 2. The molecular formula is C15H13F2NO3. The summed E-state index contributed by atoms with van der Waals surface area (Å²) in [5.74, 6) is -2.51. The van der Waals surface area contributed by atoms with Crippen LogP contribution in [0, 0.1) is 11.6 Å². The van der Waals surface area contributed by atoms with Gasteiger partial charge in [0.2, 0.25) is 0 Å². The van der Waals surface area contributed by atoms with Crippen molar-refractivity contribution in [1.82, 2.24) is 0 Å². The molecule has 0 heterocycles. The zero-order valence-electron chi connectivity index (χ0n) is 11.1. The molecule has 0 fully saturated rings. The number of carbonyl (C=O) groups excluding carboxylic acids is 1. The highest BCUT2D eigenvalue weighted by Gasteiger charge is 2.22. The van der Waals surface area contributed by atoms with Crippen LogP contribution in [0.2, 0.25) is 0 Å². The number of benzene rings is 2. The first-order chi connectivity index (χ1) is 10.0. The first-order valence-corrected chi connectivity index (χ1v) is 6.09. The number of aromatic hydroxyl groups is 1. The number of methoxy groups -OCH3 is 1. The van der Waals surface area contributed by atoms with Gasteiger partial charge >= 0.3 is 5.97 Å². The summed E-state index contributed by atoms with van der Waals surface area (Å²) in [4.78, 5) is 11.8. The number of hydrogen-bond acceptors (Lipinski definition) is 4. The van der Waals surface area contributed by atoms with Crippen LogP contribution in [0.3, 0.4) is 0 Å². The fourth-order valence-corrected chi connectivity index (χ4v) is 1.84. The van der Waals surface area contributed by atoms with E-state index in [4.69, 9.17) is 0 Å². The van der Waals surface area contributed by atoms with Crippen LogP contribution in [-0.4, -0.2) is 18.2 Å². The summed E-state index contributed by atoms with van der Waals surface area (Å²) in [6.45, 7) is 0. The third-order valence-corrected chi connectivity index (χ3v) is 2.88. The van der Waals surface area contributed by atoms with E-state index in [0.29, 0.717) is 5.69 Å². The SMILES string of the molecule is COC(=O)C(Nc1cccc(F)c1)c1ccc(O)c(F)c1. The number of phenols is 1. The van der Waals surface area contributed by atoms with Crippen molar-refractivity contribution < 1.29 is 23.4 Å². The Bertz CT molecular complexity index is 661. The van der Waals surface area contributed by atoms with Crippen molar-refractivity contribution in [3.8, 4) is 5.75 Å². The van der Waals surface area contributed by atoms with Gasteiger partial charge in [-0.3, -0.25) is 0 Å². The van der Waals surface area contributed by atoms with E-state index in [0.717, 1.165) is 12.1 Å². The predicted octanol–water partition coefficient (Wildman–Crippen LogP) is 3.00. The quantitative estimate of drug-likeness (QED) is 0.851. The molecule has 4 nitrogen and oxygen atoms in total. The second kappa shape index (κ2) is 6.21. The fourth-order valence-electron chi connectivity index (χ4n) is 1.84. The molecule has 2 N–H and O–H groups in total. The summed E-state index contributed by atoms with van der Waals surface area (Å²) < 4.78 is 31.2. The van der Waals surface area contributed by atoms with Gasteiger partial charge in [0.15, 0.2) is 17.6 Å². The summed E-state index contributed by atoms with van der Waals surface area (Å²) in [6.07, 6.45) is 0. The average molecular weight is 293 g/mol. The smallest absolute Gasteiger partial charge is 0.332 e. The van der Waals surface area contributed by atoms with Gasteiger partial charge in [-0.05, 0) is 35.9 Å². The Labute approximate surface area is 120 Å². The summed E-state index contributed by atoms with van der Waals surface area (Å²) >= 11 is 0. The van der Waals surface area contributed by atoms with Crippen LogP contribution in [0.1, 0.15) is 11.6 Å². The maximum absolute atomic E-state index is 13.4. The van der Waals surface area contributed by atoms with Gasteiger partial charge in [0, 0.05) is 5.69 Å². The highest BCUT2D eigenvalue weighted by atomic mass is 19.1. The van der Waals surface area contributed by atoms with Crippen LogP contribution in [0.25, 0.3) is 0 Å². The zero-order valence-corrected chi connectivity index (χ0v) is 11.1. The Morgan fingerprint density at radius 3 is 2.62 bits per heavy atom. The van der Waals surface area contributed by atoms with Crippen molar-refractivity contribution in [1.29, 1.82) is 0 Å². The minimum Gasteiger partial charge on any atom is -0.505 e. The van der Waals surface area contributed by atoms with Crippen molar-refractivity contribution in [2.45, 2.75) is 6.04 Å². The maximum Gasteiger partial charge on any atom is 0.332 e. The molecule has 0 saturated heterocycles. The van der Waals surface area contributed by atoms with Crippen LogP contribution in [0.5, 0.6) is 5.75 Å². The molecule has 0 aliphatic rings. The lowest BCUT2D eigenvalue weighted by molar-refractivity contribution is -0.141. The van der Waals surface area contributed by atoms with Gasteiger partial charge in [-0.25, -0.2) is 13.6 Å². The summed E-state index contributed by atoms with van der Waals surface area (Å²) in [7, 11) is 1.19. The second-order valence-electron chi connectivity index (χ2n) is 4.32. The number of carbonyl (C=O) groups is 1. The van der Waals surface area contributed by atoms with Crippen molar-refractivity contribution >= 4 is 11.7 Å². The molecular weight excluding hydrogens is 280 g/mol. The van der Waals surface area contributed by atoms with Crippen LogP contribution in [0.15, 0.2) is 42.5 Å². The van der Waals surface area contributed by atoms with Gasteiger partial charge in [0.05, 0.1) is 7.11 Å². The minimum absolute atomic E-state index is 0.251. The van der Waals surface area contributed by atoms with E-state index in [-0.39, 0.29) is 5.56 Å². The first kappa shape index (κ1) is 14.8. The number of esters is 1. The number of rotatable bonds is 4. The number of hydrogen-bond donors (Lipinski definition) is 2. The Hall–Kier alpha value is -2.63. The van der Waals surface area contributed by atoms with Gasteiger partial charge in [0.1, 0.15) is 5.82 Å². The van der Waals surface area contributed by atoms with Crippen LogP contribution < -0.4 is 5.32 Å². The Balaban J connectivity index is 2.34. The maximum atomic E-state index is 13.4. The molecule has 0 radical (unpaired) electrons. The number of ether oxygens (including phenoxy) is 1. The van der Waals surface area contributed by atoms with Crippen LogP contribution >= 0.6 is 0 Å². The lowest BCUT2D eigenvalue weighted by Gasteiger charge is -2.18. The van der Waals surface area contributed by atoms with E-state index in [1.165, 1.54) is 31.4 Å². The molecule has 6 heteroatoms. The largest absolute Gasteiger partial charge is 0.505 e. The van der Waals surface area contributed by atoms with Gasteiger partial charge in [0.25, 0.3) is 0 Å². The van der Waals surface area contributed by atoms with E-state index in [2.05, 4.69) is 10.1 Å². The highest BCUT2D eigenvalue weighted by Crippen LogP contribution is 2.25. The minimum atomic E-state index is -1.02. The molecule has 0 aromatic heterocycles. The monoisotopic (exact) mass is 293 g/mol. The van der Waals surface area contributed by atoms with E-state index in [1.54, 1.807) is 6.07 Å². The van der Waals surface area contributed by atoms with E-state index >= 15 is 0 Å². The number of anilines is 1. The molecule has 0 amide bonds. The number of phenolic OH excluding ortho intramolecular Hbond substituents is 1. The Kier molecular flexibility index (Phi) is 4.37. The summed E-state index contributed by atoms with van der Waals surface area (Å²) in [5.41, 5.74) is 0.597. The third-order valence-electron chi connectivity index (χ3n) is 2.88. The van der Waals surface area contributed by atoms with Crippen LogP contribution in [0.4, 0.5) is 14.5 Å². The van der Waals surface area contributed by atoms with Crippen molar-refractivity contribution in [2.24, 2.45) is 0 Å². The molecule has 0 aliphatic heterocycles. The van der Waals surface area contributed by atoms with Crippen molar-refractivity contribution in [3.63, 3.8) is 0 Å². The molecule has 0 saturated carbocycles. The molecule has 0 aliphatic carbocycles. The molecule has 21 heavy (non-hydrogen) atoms. The molecule has 2 aromatic carbocycles. The topological polar surface area (TPSA) is 58.6 Å². The fraction of sp³-hybridized carbons (Fsp3) is 0.133. The summed E-state index contributed by atoms with van der Waals surface area (Å²) in [6, 6.07) is 8.01. The van der Waals surface area contributed by atoms with Crippen molar-refractivity contribution in [3.05, 3.63) is 59.7 Å². The third kappa shape index (κ3) is 3.47. The lowest BCUT2D eigenvalue weighted by atomic mass is 10.1. The zero-order chi connectivity index (χ0) is 15.4. The first-order valence-electron chi connectivity index (χ1n) is 6.09. The van der Waals surface area contributed by atoms with E-state index in [9.17, 15) is 18.7 Å². The molecule has 2 aromatic rings. The van der Waals surface area contributed by atoms with Gasteiger partial charge in [-0.15, -0.1) is 0 Å². The Morgan fingerprint density at radius 1 is 1.24 bits per heavy atom. The van der Waals surface area contributed by atoms with E-state index < -0.39 is 29.4 Å². The standard InChI is InChI=1S/C15H13F2NO3/c1-21-15(20)14(9-5-6-13(19)12(17)7-9)18-11-4-2-3-10(16)8-11/h2-8,14,18-19H,1H3. The molecule has 0 spiro atoms. The van der Waals surface area contributed by atoms with Crippen molar-refractivity contribution in [2.75, 3.05) is 12.4 Å². The lowest BCUT2D eigenvalue weighted by Crippen LogP contribution is -2.22. The van der Waals surface area contributed by atoms with E-state index in [1.807, 2.05) is 0 Å². The number of nitrogens with one attached hydrogen (secondary N) is 1. The molecule has 2 rings (SSSR count). The van der Waals surface area contributed by atoms with Crippen LogP contribution in [-0.2, 0) is 9.53 Å². The van der Waals surface area contributed by atoms with Gasteiger partial charge in [-0.2, -0.15) is 0 Å². The van der Waals surface area contributed by atoms with Gasteiger partial charge < -0.3 is 15.2 Å². The average Bonchev–Trinajstić information content (AvgIpc) is 2.47. The molecule has 1 atom stereocenters. The normalized spacial score (nSPS) is 11.8. The molecule has 0 bridgehead atoms. The molecule has 110 valence electrons. The molecule has 1 unspecified atom stereocenters. The highest BCUT2D eigenvalue weighted by molar-refractivity contribution is 5.81. The Morgan fingerprint density at radius 2 is 2.00 bits per heavy atom. The summed E-state index contributed by atoms with van der Waals surface area (Å²) in [5, 5.41) is 12.0. The second-order valence-corrected chi connectivity index (χ2v) is 4.32. The van der Waals surface area contributed by atoms with Gasteiger partial charge in [-0.1, -0.05) is 12.1 Å². The predicted molar refractivity (Wildman–Crippen MR) is 72.8 cm³/mol.